The number of nitrogens with zero attached hydrogens (tertiary/aromatic N) is 3. The second-order valence-electron chi connectivity index (χ2n) is 5.09. The summed E-state index contributed by atoms with van der Waals surface area (Å²) in [5.74, 6) is 0.698. The summed E-state index contributed by atoms with van der Waals surface area (Å²) >= 11 is 0. The minimum Gasteiger partial charge on any atom is -0.357 e. The van der Waals surface area contributed by atoms with E-state index in [-0.39, 0.29) is 11.9 Å². The summed E-state index contributed by atoms with van der Waals surface area (Å²) < 4.78 is 0. The SMILES string of the molecule is CNC(=O)[C@H]1CCCN1c1nc(C)c2ccccc2n1. The highest BCUT2D eigenvalue weighted by Gasteiger charge is 2.32. The topological polar surface area (TPSA) is 58.1 Å². The van der Waals surface area contributed by atoms with Gasteiger partial charge in [-0.05, 0) is 25.8 Å². The van der Waals surface area contributed by atoms with Crippen molar-refractivity contribution in [2.24, 2.45) is 0 Å². The van der Waals surface area contributed by atoms with Crippen LogP contribution in [0.25, 0.3) is 10.9 Å². The van der Waals surface area contributed by atoms with Gasteiger partial charge in [0, 0.05) is 19.0 Å². The molecule has 0 saturated carbocycles. The van der Waals surface area contributed by atoms with Gasteiger partial charge in [0.05, 0.1) is 11.2 Å². The number of rotatable bonds is 2. The maximum Gasteiger partial charge on any atom is 0.242 e. The van der Waals surface area contributed by atoms with Crippen LogP contribution in [0.15, 0.2) is 24.3 Å². The van der Waals surface area contributed by atoms with Crippen molar-refractivity contribution in [2.75, 3.05) is 18.5 Å². The lowest BCUT2D eigenvalue weighted by molar-refractivity contribution is -0.121. The number of nitrogens with one attached hydrogen (secondary N) is 1. The van der Waals surface area contributed by atoms with Gasteiger partial charge < -0.3 is 10.2 Å². The zero-order valence-corrected chi connectivity index (χ0v) is 11.8. The predicted molar refractivity (Wildman–Crippen MR) is 78.7 cm³/mol. The summed E-state index contributed by atoms with van der Waals surface area (Å²) in [4.78, 5) is 23.2. The number of likely N-dealkylation sites (N-methyl/N-ethyl adjacent to an activating group) is 1. The highest BCUT2D eigenvalue weighted by Crippen LogP contribution is 2.25. The van der Waals surface area contributed by atoms with E-state index in [0.717, 1.165) is 36.0 Å². The Bertz CT molecular complexity index is 655. The fraction of sp³-hybridized carbons (Fsp3) is 0.400. The molecule has 1 amide bonds. The Morgan fingerprint density at radius 3 is 2.95 bits per heavy atom. The van der Waals surface area contributed by atoms with Crippen LogP contribution >= 0.6 is 0 Å². The van der Waals surface area contributed by atoms with Crippen LogP contribution < -0.4 is 10.2 Å². The fourth-order valence-electron chi connectivity index (χ4n) is 2.79. The van der Waals surface area contributed by atoms with Gasteiger partial charge in [-0.25, -0.2) is 9.97 Å². The van der Waals surface area contributed by atoms with E-state index in [2.05, 4.69) is 15.3 Å². The van der Waals surface area contributed by atoms with Crippen LogP contribution in [-0.4, -0.2) is 35.5 Å². The highest BCUT2D eigenvalue weighted by atomic mass is 16.2. The zero-order valence-electron chi connectivity index (χ0n) is 11.8. The number of anilines is 1. The van der Waals surface area contributed by atoms with Gasteiger partial charge in [-0.1, -0.05) is 18.2 Å². The third kappa shape index (κ3) is 2.09. The van der Waals surface area contributed by atoms with E-state index < -0.39 is 0 Å². The lowest BCUT2D eigenvalue weighted by atomic mass is 10.2. The van der Waals surface area contributed by atoms with Crippen LogP contribution in [0, 0.1) is 6.92 Å². The normalized spacial score (nSPS) is 18.5. The molecule has 0 spiro atoms. The molecule has 0 bridgehead atoms. The molecule has 5 heteroatoms. The van der Waals surface area contributed by atoms with E-state index in [1.807, 2.05) is 36.1 Å². The zero-order chi connectivity index (χ0) is 14.1. The first-order valence-corrected chi connectivity index (χ1v) is 6.92. The molecule has 1 atom stereocenters. The average Bonchev–Trinajstić information content (AvgIpc) is 2.96. The number of carbonyl (C=O) groups excluding carboxylic acids is 1. The minimum atomic E-state index is -0.152. The molecule has 3 rings (SSSR count). The van der Waals surface area contributed by atoms with E-state index >= 15 is 0 Å². The molecule has 104 valence electrons. The molecule has 1 aliphatic heterocycles. The summed E-state index contributed by atoms with van der Waals surface area (Å²) in [5.41, 5.74) is 1.88. The molecule has 0 unspecified atom stereocenters. The van der Waals surface area contributed by atoms with Crippen molar-refractivity contribution < 1.29 is 4.79 Å². The first-order chi connectivity index (χ1) is 9.70. The lowest BCUT2D eigenvalue weighted by Crippen LogP contribution is -2.42. The molecular formula is C15H18N4O. The summed E-state index contributed by atoms with van der Waals surface area (Å²) in [6.07, 6.45) is 1.85. The number of hydrogen-bond donors (Lipinski definition) is 1. The van der Waals surface area contributed by atoms with Gasteiger partial charge in [-0.2, -0.15) is 0 Å². The maximum absolute atomic E-state index is 11.9. The van der Waals surface area contributed by atoms with Crippen molar-refractivity contribution in [1.29, 1.82) is 0 Å². The predicted octanol–water partition coefficient (Wildman–Crippen LogP) is 1.65. The number of fused-ring (bicyclic) bond motifs is 1. The molecule has 1 fully saturated rings. The summed E-state index contributed by atoms with van der Waals surface area (Å²) in [5, 5.41) is 3.78. The van der Waals surface area contributed by atoms with Crippen LogP contribution in [0.3, 0.4) is 0 Å². The van der Waals surface area contributed by atoms with E-state index in [4.69, 9.17) is 0 Å². The maximum atomic E-state index is 11.9. The molecule has 2 aromatic rings. The van der Waals surface area contributed by atoms with E-state index in [9.17, 15) is 4.79 Å². The fourth-order valence-corrected chi connectivity index (χ4v) is 2.79. The van der Waals surface area contributed by atoms with Gasteiger partial charge in [-0.3, -0.25) is 4.79 Å². The van der Waals surface area contributed by atoms with Crippen LogP contribution in [0.5, 0.6) is 0 Å². The Morgan fingerprint density at radius 1 is 1.35 bits per heavy atom. The number of benzene rings is 1. The molecule has 20 heavy (non-hydrogen) atoms. The molecule has 1 aliphatic rings. The van der Waals surface area contributed by atoms with Crippen molar-refractivity contribution in [1.82, 2.24) is 15.3 Å². The molecule has 2 heterocycles. The second kappa shape index (κ2) is 5.07. The van der Waals surface area contributed by atoms with Gasteiger partial charge in [0.2, 0.25) is 11.9 Å². The van der Waals surface area contributed by atoms with Crippen molar-refractivity contribution in [3.05, 3.63) is 30.0 Å². The Hall–Kier alpha value is -2.17. The number of para-hydroxylation sites is 1. The van der Waals surface area contributed by atoms with Crippen molar-refractivity contribution in [2.45, 2.75) is 25.8 Å². The van der Waals surface area contributed by atoms with Gasteiger partial charge in [0.15, 0.2) is 0 Å². The Labute approximate surface area is 118 Å². The molecule has 5 nitrogen and oxygen atoms in total. The third-order valence-electron chi connectivity index (χ3n) is 3.84. The highest BCUT2D eigenvalue weighted by molar-refractivity contribution is 5.86. The summed E-state index contributed by atoms with van der Waals surface area (Å²) in [7, 11) is 1.67. The van der Waals surface area contributed by atoms with Gasteiger partial charge >= 0.3 is 0 Å². The van der Waals surface area contributed by atoms with Crippen LogP contribution in [0.1, 0.15) is 18.5 Å². The van der Waals surface area contributed by atoms with Crippen molar-refractivity contribution >= 4 is 22.8 Å². The van der Waals surface area contributed by atoms with Crippen LogP contribution in [-0.2, 0) is 4.79 Å². The summed E-state index contributed by atoms with van der Waals surface area (Å²) in [6, 6.07) is 7.81. The van der Waals surface area contributed by atoms with Crippen LogP contribution in [0.2, 0.25) is 0 Å². The standard InChI is InChI=1S/C15H18N4O/c1-10-11-6-3-4-7-12(11)18-15(17-10)19-9-5-8-13(19)14(20)16-2/h3-4,6-7,13H,5,8-9H2,1-2H3,(H,16,20)/t13-/m1/s1. The number of aryl methyl sites for hydroxylation is 1. The quantitative estimate of drug-likeness (QED) is 0.901. The minimum absolute atomic E-state index is 0.0388. The van der Waals surface area contributed by atoms with Crippen molar-refractivity contribution in [3.63, 3.8) is 0 Å². The van der Waals surface area contributed by atoms with Gasteiger partial charge in [0.25, 0.3) is 0 Å². The van der Waals surface area contributed by atoms with E-state index in [0.29, 0.717) is 5.95 Å². The van der Waals surface area contributed by atoms with Gasteiger partial charge in [-0.15, -0.1) is 0 Å². The van der Waals surface area contributed by atoms with E-state index in [1.54, 1.807) is 7.05 Å². The van der Waals surface area contributed by atoms with Crippen LogP contribution in [0.4, 0.5) is 5.95 Å². The first kappa shape index (κ1) is 12.8. The first-order valence-electron chi connectivity index (χ1n) is 6.92. The Balaban J connectivity index is 2.03. The smallest absolute Gasteiger partial charge is 0.242 e. The molecule has 0 radical (unpaired) electrons. The summed E-state index contributed by atoms with van der Waals surface area (Å²) in [6.45, 7) is 2.81. The molecule has 0 aliphatic carbocycles. The number of carbonyl (C=O) groups is 1. The Morgan fingerprint density at radius 2 is 2.15 bits per heavy atom. The number of amides is 1. The Kier molecular flexibility index (Phi) is 3.26. The van der Waals surface area contributed by atoms with E-state index in [1.165, 1.54) is 0 Å². The lowest BCUT2D eigenvalue weighted by Gasteiger charge is -2.23. The number of aromatic nitrogens is 2. The number of hydrogen-bond acceptors (Lipinski definition) is 4. The monoisotopic (exact) mass is 270 g/mol. The molecule has 1 aromatic heterocycles. The third-order valence-corrected chi connectivity index (χ3v) is 3.84. The second-order valence-corrected chi connectivity index (χ2v) is 5.09. The van der Waals surface area contributed by atoms with Gasteiger partial charge in [0.1, 0.15) is 6.04 Å². The molecular weight excluding hydrogens is 252 g/mol. The molecule has 1 aromatic carbocycles. The molecule has 1 saturated heterocycles. The largest absolute Gasteiger partial charge is 0.357 e. The average molecular weight is 270 g/mol. The molecule has 1 N–H and O–H groups in total. The van der Waals surface area contributed by atoms with Crippen molar-refractivity contribution in [3.8, 4) is 0 Å².